The lowest BCUT2D eigenvalue weighted by Gasteiger charge is -2.29. The molecule has 2 aromatic rings. The normalized spacial score (nSPS) is 20.1. The molecule has 0 spiro atoms. The lowest BCUT2D eigenvalue weighted by atomic mass is 10.1. The highest BCUT2D eigenvalue weighted by atomic mass is 16.1. The van der Waals surface area contributed by atoms with Crippen LogP contribution in [0.1, 0.15) is 25.5 Å². The number of hydrogen-bond donors (Lipinski definition) is 2. The van der Waals surface area contributed by atoms with E-state index >= 15 is 0 Å². The van der Waals surface area contributed by atoms with E-state index in [0.717, 1.165) is 38.0 Å². The molecule has 3 rings (SSSR count). The summed E-state index contributed by atoms with van der Waals surface area (Å²) in [5.41, 5.74) is 6.60. The molecule has 3 N–H and O–H groups in total. The Morgan fingerprint density at radius 2 is 2.37 bits per heavy atom. The summed E-state index contributed by atoms with van der Waals surface area (Å²) in [5.74, 6) is 1.10. The molecule has 0 radical (unpaired) electrons. The first-order valence-corrected chi connectivity index (χ1v) is 6.66. The van der Waals surface area contributed by atoms with E-state index in [-0.39, 0.29) is 11.6 Å². The molecule has 1 atom stereocenters. The second-order valence-electron chi connectivity index (χ2n) is 4.97. The number of aromatic amines is 1. The molecule has 0 saturated carbocycles. The molecule has 1 aliphatic heterocycles. The molecule has 0 bridgehead atoms. The number of H-pyrrole nitrogens is 1. The molecule has 0 aromatic carbocycles. The van der Waals surface area contributed by atoms with Crippen molar-refractivity contribution in [2.75, 3.05) is 18.0 Å². The van der Waals surface area contributed by atoms with Crippen LogP contribution in [0.3, 0.4) is 0 Å². The zero-order valence-corrected chi connectivity index (χ0v) is 11.0. The van der Waals surface area contributed by atoms with Gasteiger partial charge in [0.25, 0.3) is 11.3 Å². The Morgan fingerprint density at radius 1 is 1.53 bits per heavy atom. The second-order valence-corrected chi connectivity index (χ2v) is 4.97. The summed E-state index contributed by atoms with van der Waals surface area (Å²) in [6.45, 7) is 3.63. The molecule has 7 heteroatoms. The van der Waals surface area contributed by atoms with E-state index < -0.39 is 0 Å². The van der Waals surface area contributed by atoms with Crippen LogP contribution in [-0.4, -0.2) is 38.7 Å². The van der Waals surface area contributed by atoms with Crippen molar-refractivity contribution in [3.05, 3.63) is 22.1 Å². The minimum atomic E-state index is -0.123. The van der Waals surface area contributed by atoms with Gasteiger partial charge in [0.05, 0.1) is 0 Å². The summed E-state index contributed by atoms with van der Waals surface area (Å²) >= 11 is 0. The van der Waals surface area contributed by atoms with Crippen molar-refractivity contribution in [2.45, 2.75) is 32.2 Å². The fourth-order valence-corrected chi connectivity index (χ4v) is 2.44. The van der Waals surface area contributed by atoms with Gasteiger partial charge < -0.3 is 10.6 Å². The van der Waals surface area contributed by atoms with E-state index in [1.165, 1.54) is 10.6 Å². The van der Waals surface area contributed by atoms with E-state index in [0.29, 0.717) is 11.7 Å². The lowest BCUT2D eigenvalue weighted by molar-refractivity contribution is 0.500. The van der Waals surface area contributed by atoms with Gasteiger partial charge in [-0.25, -0.2) is 4.98 Å². The van der Waals surface area contributed by atoms with Crippen molar-refractivity contribution >= 4 is 11.7 Å². The number of nitrogens with two attached hydrogens (primary N) is 1. The molecule has 0 unspecified atom stereocenters. The van der Waals surface area contributed by atoms with Crippen LogP contribution in [0.5, 0.6) is 0 Å². The van der Waals surface area contributed by atoms with Gasteiger partial charge in [-0.05, 0) is 19.3 Å². The topological polar surface area (TPSA) is 92.3 Å². The highest BCUT2D eigenvalue weighted by Crippen LogP contribution is 2.15. The fourth-order valence-electron chi connectivity index (χ4n) is 2.44. The van der Waals surface area contributed by atoms with Crippen molar-refractivity contribution in [2.24, 2.45) is 5.73 Å². The number of aryl methyl sites for hydroxylation is 1. The van der Waals surface area contributed by atoms with E-state index in [1.54, 1.807) is 0 Å². The minimum absolute atomic E-state index is 0.123. The Labute approximate surface area is 110 Å². The Kier molecular flexibility index (Phi) is 2.98. The number of rotatable bonds is 2. The summed E-state index contributed by atoms with van der Waals surface area (Å²) in [6, 6.07) is 1.70. The quantitative estimate of drug-likeness (QED) is 0.789. The van der Waals surface area contributed by atoms with Crippen LogP contribution >= 0.6 is 0 Å². The highest BCUT2D eigenvalue weighted by Gasteiger charge is 2.20. The first-order chi connectivity index (χ1) is 9.17. The summed E-state index contributed by atoms with van der Waals surface area (Å²) in [6.07, 6.45) is 2.80. The largest absolute Gasteiger partial charge is 0.340 e. The van der Waals surface area contributed by atoms with Crippen molar-refractivity contribution in [1.82, 2.24) is 19.6 Å². The molecule has 0 aliphatic carbocycles. The average molecular weight is 262 g/mol. The highest BCUT2D eigenvalue weighted by molar-refractivity contribution is 5.40. The summed E-state index contributed by atoms with van der Waals surface area (Å²) in [5, 5.41) is 3.01. The molecule has 2 aromatic heterocycles. The van der Waals surface area contributed by atoms with E-state index in [9.17, 15) is 4.79 Å². The number of nitrogens with one attached hydrogen (secondary N) is 1. The van der Waals surface area contributed by atoms with Gasteiger partial charge in [-0.3, -0.25) is 9.89 Å². The van der Waals surface area contributed by atoms with E-state index in [2.05, 4.69) is 20.0 Å². The predicted molar refractivity (Wildman–Crippen MR) is 72.4 cm³/mol. The first-order valence-electron chi connectivity index (χ1n) is 6.66. The number of fused-ring (bicyclic) bond motifs is 1. The van der Waals surface area contributed by atoms with E-state index in [1.807, 2.05) is 6.92 Å². The third kappa shape index (κ3) is 2.21. The van der Waals surface area contributed by atoms with Crippen LogP contribution < -0.4 is 16.2 Å². The van der Waals surface area contributed by atoms with E-state index in [4.69, 9.17) is 5.73 Å². The molecular formula is C12H18N6O. The number of anilines is 1. The van der Waals surface area contributed by atoms with Crippen molar-refractivity contribution in [1.29, 1.82) is 0 Å². The molecule has 102 valence electrons. The Hall–Kier alpha value is -1.89. The van der Waals surface area contributed by atoms with Crippen molar-refractivity contribution in [3.8, 4) is 0 Å². The smallest absolute Gasteiger partial charge is 0.274 e. The minimum Gasteiger partial charge on any atom is -0.340 e. The van der Waals surface area contributed by atoms with Gasteiger partial charge in [0.15, 0.2) is 0 Å². The Balaban J connectivity index is 2.01. The number of piperidine rings is 1. The molecule has 3 heterocycles. The predicted octanol–water partition coefficient (Wildman–Crippen LogP) is -0.0925. The number of nitrogens with zero attached hydrogens (tertiary/aromatic N) is 4. The van der Waals surface area contributed by atoms with Crippen LogP contribution in [0, 0.1) is 0 Å². The maximum atomic E-state index is 11.9. The monoisotopic (exact) mass is 262 g/mol. The molecular weight excluding hydrogens is 244 g/mol. The maximum Gasteiger partial charge on any atom is 0.274 e. The third-order valence-electron chi connectivity index (χ3n) is 3.49. The maximum absolute atomic E-state index is 11.9. The van der Waals surface area contributed by atoms with Gasteiger partial charge in [0.2, 0.25) is 5.95 Å². The van der Waals surface area contributed by atoms with Crippen molar-refractivity contribution < 1.29 is 0 Å². The standard InChI is InChI=1S/C12H18N6O/c1-2-9-6-10(19)18-11(14-9)15-12(16-18)17-5-3-4-8(13)7-17/h6,8H,2-5,7,13H2,1H3,(H,14,15,16)/t8-/m1/s1. The van der Waals surface area contributed by atoms with Crippen LogP contribution in [-0.2, 0) is 6.42 Å². The van der Waals surface area contributed by atoms with Gasteiger partial charge in [0, 0.05) is 30.9 Å². The van der Waals surface area contributed by atoms with Gasteiger partial charge in [-0.1, -0.05) is 6.92 Å². The van der Waals surface area contributed by atoms with Crippen LogP contribution in [0.25, 0.3) is 5.78 Å². The average Bonchev–Trinajstić information content (AvgIpc) is 2.83. The zero-order valence-electron chi connectivity index (χ0n) is 11.0. The van der Waals surface area contributed by atoms with Gasteiger partial charge >= 0.3 is 0 Å². The van der Waals surface area contributed by atoms with Crippen LogP contribution in [0.2, 0.25) is 0 Å². The van der Waals surface area contributed by atoms with Crippen LogP contribution in [0.4, 0.5) is 5.95 Å². The number of hydrogen-bond acceptors (Lipinski definition) is 5. The summed E-state index contributed by atoms with van der Waals surface area (Å²) in [4.78, 5) is 22.8. The van der Waals surface area contributed by atoms with Gasteiger partial charge in [0.1, 0.15) is 0 Å². The SMILES string of the molecule is CCc1cc(=O)n2[nH]c(N3CCC[C@@H](N)C3)nc2n1. The Bertz CT molecular complexity index is 645. The molecule has 19 heavy (non-hydrogen) atoms. The van der Waals surface area contributed by atoms with Gasteiger partial charge in [-0.2, -0.15) is 9.50 Å². The van der Waals surface area contributed by atoms with Crippen molar-refractivity contribution in [3.63, 3.8) is 0 Å². The zero-order chi connectivity index (χ0) is 13.4. The van der Waals surface area contributed by atoms with Crippen LogP contribution in [0.15, 0.2) is 10.9 Å². The first kappa shape index (κ1) is 12.2. The Morgan fingerprint density at radius 3 is 3.11 bits per heavy atom. The molecule has 1 aliphatic rings. The second kappa shape index (κ2) is 4.65. The van der Waals surface area contributed by atoms with Gasteiger partial charge in [-0.15, -0.1) is 0 Å². The molecule has 1 fully saturated rings. The lowest BCUT2D eigenvalue weighted by Crippen LogP contribution is -2.43. The summed E-state index contributed by atoms with van der Waals surface area (Å²) < 4.78 is 1.38. The molecule has 7 nitrogen and oxygen atoms in total. The molecule has 0 amide bonds. The molecule has 1 saturated heterocycles. The summed E-state index contributed by atoms with van der Waals surface area (Å²) in [7, 11) is 0. The fraction of sp³-hybridized carbons (Fsp3) is 0.583. The third-order valence-corrected chi connectivity index (χ3v) is 3.49. The number of aromatic nitrogens is 4.